The maximum Gasteiger partial charge on any atom is 0.227 e. The SMILES string of the molecule is C#C[C@@H]1CCC[C@H]2[C@H]1CCN(C(=O)Cc1c(C#N)ccc(OC)c1Cl)[C@H]2C. The number of nitrogens with zero attached hydrogens (tertiary/aromatic N) is 2. The molecule has 1 aliphatic heterocycles. The number of amides is 1. The zero-order valence-corrected chi connectivity index (χ0v) is 16.6. The summed E-state index contributed by atoms with van der Waals surface area (Å²) >= 11 is 6.39. The van der Waals surface area contributed by atoms with Gasteiger partial charge in [-0.1, -0.05) is 18.0 Å². The number of carbonyl (C=O) groups excluding carboxylic acids is 1. The van der Waals surface area contributed by atoms with Crippen molar-refractivity contribution >= 4 is 17.5 Å². The standard InChI is InChI=1S/C22H25ClN2O2/c1-4-15-6-5-7-17-14(2)25(11-10-18(15)17)21(26)12-19-16(13-24)8-9-20(27-3)22(19)23/h1,8-9,14-15,17-18H,5-7,10-12H2,2-3H3/t14-,15+,17+,18-/m0/s1. The maximum absolute atomic E-state index is 13.1. The highest BCUT2D eigenvalue weighted by Gasteiger charge is 2.42. The molecule has 4 atom stereocenters. The van der Waals surface area contributed by atoms with Crippen LogP contribution in [-0.2, 0) is 11.2 Å². The Morgan fingerprint density at radius 1 is 1.37 bits per heavy atom. The molecule has 1 heterocycles. The van der Waals surface area contributed by atoms with Crippen molar-refractivity contribution in [3.63, 3.8) is 0 Å². The van der Waals surface area contributed by atoms with Crippen LogP contribution in [0.2, 0.25) is 5.02 Å². The van der Waals surface area contributed by atoms with Crippen LogP contribution in [0.15, 0.2) is 12.1 Å². The lowest BCUT2D eigenvalue weighted by Crippen LogP contribution is -2.53. The quantitative estimate of drug-likeness (QED) is 0.739. The first-order valence-corrected chi connectivity index (χ1v) is 9.90. The van der Waals surface area contributed by atoms with E-state index in [2.05, 4.69) is 18.9 Å². The van der Waals surface area contributed by atoms with Gasteiger partial charge < -0.3 is 9.64 Å². The molecule has 0 spiro atoms. The molecule has 0 radical (unpaired) electrons. The van der Waals surface area contributed by atoms with Crippen molar-refractivity contribution < 1.29 is 9.53 Å². The van der Waals surface area contributed by atoms with E-state index in [0.717, 1.165) is 25.7 Å². The normalized spacial score (nSPS) is 27.2. The smallest absolute Gasteiger partial charge is 0.227 e. The Hall–Kier alpha value is -2.17. The number of carbonyl (C=O) groups is 1. The number of hydrogen-bond donors (Lipinski definition) is 0. The summed E-state index contributed by atoms with van der Waals surface area (Å²) in [4.78, 5) is 15.1. The van der Waals surface area contributed by atoms with Crippen LogP contribution in [-0.4, -0.2) is 30.5 Å². The van der Waals surface area contributed by atoms with E-state index in [9.17, 15) is 10.1 Å². The Labute approximate surface area is 166 Å². The molecule has 142 valence electrons. The predicted molar refractivity (Wildman–Crippen MR) is 105 cm³/mol. The van der Waals surface area contributed by atoms with E-state index in [1.54, 1.807) is 12.1 Å². The Morgan fingerprint density at radius 3 is 2.81 bits per heavy atom. The van der Waals surface area contributed by atoms with Crippen molar-refractivity contribution in [3.05, 3.63) is 28.3 Å². The lowest BCUT2D eigenvalue weighted by molar-refractivity contribution is -0.137. The highest BCUT2D eigenvalue weighted by Crippen LogP contribution is 2.43. The fourth-order valence-electron chi connectivity index (χ4n) is 4.88. The Kier molecular flexibility index (Phi) is 5.98. The predicted octanol–water partition coefficient (Wildman–Crippen LogP) is 4.05. The minimum atomic E-state index is 0.00966. The second-order valence-electron chi connectivity index (χ2n) is 7.54. The van der Waals surface area contributed by atoms with Crippen molar-refractivity contribution in [3.8, 4) is 24.2 Å². The first kappa shape index (κ1) is 19.6. The molecule has 2 fully saturated rings. The molecule has 5 heteroatoms. The van der Waals surface area contributed by atoms with Crippen LogP contribution in [0.3, 0.4) is 0 Å². The zero-order chi connectivity index (χ0) is 19.6. The van der Waals surface area contributed by atoms with Crippen LogP contribution in [0.25, 0.3) is 0 Å². The molecule has 4 nitrogen and oxygen atoms in total. The number of rotatable bonds is 3. The van der Waals surface area contributed by atoms with E-state index in [1.165, 1.54) is 7.11 Å². The van der Waals surface area contributed by atoms with Gasteiger partial charge in [-0.3, -0.25) is 4.79 Å². The molecular weight excluding hydrogens is 360 g/mol. The number of likely N-dealkylation sites (tertiary alicyclic amines) is 1. The van der Waals surface area contributed by atoms with Crippen molar-refractivity contribution in [2.24, 2.45) is 17.8 Å². The molecule has 0 unspecified atom stereocenters. The average Bonchev–Trinajstić information content (AvgIpc) is 2.69. The minimum Gasteiger partial charge on any atom is -0.495 e. The van der Waals surface area contributed by atoms with Gasteiger partial charge in [-0.25, -0.2) is 0 Å². The lowest BCUT2D eigenvalue weighted by atomic mass is 9.66. The fourth-order valence-corrected chi connectivity index (χ4v) is 5.19. The lowest BCUT2D eigenvalue weighted by Gasteiger charge is -2.48. The monoisotopic (exact) mass is 384 g/mol. The number of ether oxygens (including phenoxy) is 1. The largest absolute Gasteiger partial charge is 0.495 e. The molecule has 1 saturated carbocycles. The summed E-state index contributed by atoms with van der Waals surface area (Å²) in [6.45, 7) is 2.84. The summed E-state index contributed by atoms with van der Waals surface area (Å²) in [6.07, 6.45) is 10.2. The van der Waals surface area contributed by atoms with Gasteiger partial charge in [0.2, 0.25) is 5.91 Å². The van der Waals surface area contributed by atoms with Gasteiger partial charge in [0.1, 0.15) is 5.75 Å². The first-order valence-electron chi connectivity index (χ1n) is 9.52. The van der Waals surface area contributed by atoms with E-state index >= 15 is 0 Å². The number of piperidine rings is 1. The number of benzene rings is 1. The van der Waals surface area contributed by atoms with Gasteiger partial charge in [0.25, 0.3) is 0 Å². The fraction of sp³-hybridized carbons (Fsp3) is 0.545. The van der Waals surface area contributed by atoms with E-state index in [-0.39, 0.29) is 18.4 Å². The van der Waals surface area contributed by atoms with Crippen molar-refractivity contribution in [2.45, 2.75) is 45.1 Å². The number of fused-ring (bicyclic) bond motifs is 1. The van der Waals surface area contributed by atoms with Gasteiger partial charge in [0, 0.05) is 24.1 Å². The number of terminal acetylenes is 1. The van der Waals surface area contributed by atoms with Gasteiger partial charge in [-0.15, -0.1) is 12.3 Å². The summed E-state index contributed by atoms with van der Waals surface area (Å²) in [5, 5.41) is 9.74. The average molecular weight is 385 g/mol. The third kappa shape index (κ3) is 3.64. The summed E-state index contributed by atoms with van der Waals surface area (Å²) in [7, 11) is 1.52. The maximum atomic E-state index is 13.1. The van der Waals surface area contributed by atoms with Crippen LogP contribution in [0.1, 0.15) is 43.7 Å². The molecule has 0 aromatic heterocycles. The molecule has 1 aliphatic carbocycles. The minimum absolute atomic E-state index is 0.00966. The summed E-state index contributed by atoms with van der Waals surface area (Å²) in [5.41, 5.74) is 0.963. The molecule has 1 aromatic carbocycles. The van der Waals surface area contributed by atoms with E-state index in [0.29, 0.717) is 46.2 Å². The number of hydrogen-bond acceptors (Lipinski definition) is 3. The number of nitriles is 1. The Morgan fingerprint density at radius 2 is 2.15 bits per heavy atom. The second-order valence-corrected chi connectivity index (χ2v) is 7.92. The zero-order valence-electron chi connectivity index (χ0n) is 15.9. The summed E-state index contributed by atoms with van der Waals surface area (Å²) in [6, 6.07) is 5.60. The topological polar surface area (TPSA) is 53.3 Å². The summed E-state index contributed by atoms with van der Waals surface area (Å²) in [5.74, 6) is 4.76. The molecule has 1 amide bonds. The number of methoxy groups -OCH3 is 1. The molecule has 0 N–H and O–H groups in total. The number of halogens is 1. The third-order valence-corrected chi connectivity index (χ3v) is 6.76. The van der Waals surface area contributed by atoms with Crippen molar-refractivity contribution in [2.75, 3.05) is 13.7 Å². The van der Waals surface area contributed by atoms with Gasteiger partial charge >= 0.3 is 0 Å². The van der Waals surface area contributed by atoms with Crippen LogP contribution in [0, 0.1) is 41.4 Å². The highest BCUT2D eigenvalue weighted by atomic mass is 35.5. The first-order chi connectivity index (χ1) is 13.0. The molecule has 0 bridgehead atoms. The van der Waals surface area contributed by atoms with Crippen molar-refractivity contribution in [1.82, 2.24) is 4.90 Å². The third-order valence-electron chi connectivity index (χ3n) is 6.34. The molecule has 2 aliphatic rings. The van der Waals surface area contributed by atoms with Crippen LogP contribution in [0.5, 0.6) is 5.75 Å². The highest BCUT2D eigenvalue weighted by molar-refractivity contribution is 6.33. The molecule has 1 saturated heterocycles. The summed E-state index contributed by atoms with van der Waals surface area (Å²) < 4.78 is 5.24. The Balaban J connectivity index is 1.80. The molecule has 27 heavy (non-hydrogen) atoms. The van der Waals surface area contributed by atoms with E-state index in [4.69, 9.17) is 22.8 Å². The van der Waals surface area contributed by atoms with Crippen LogP contribution >= 0.6 is 11.6 Å². The van der Waals surface area contributed by atoms with Gasteiger partial charge in [0.05, 0.1) is 30.2 Å². The molecule has 1 aromatic rings. The molecular formula is C22H25ClN2O2. The van der Waals surface area contributed by atoms with Gasteiger partial charge in [-0.2, -0.15) is 5.26 Å². The van der Waals surface area contributed by atoms with Gasteiger partial charge in [-0.05, 0) is 50.2 Å². The second kappa shape index (κ2) is 8.24. The Bertz CT molecular complexity index is 808. The van der Waals surface area contributed by atoms with Gasteiger partial charge in [0.15, 0.2) is 0 Å². The van der Waals surface area contributed by atoms with E-state index in [1.807, 2.05) is 4.90 Å². The van der Waals surface area contributed by atoms with Crippen LogP contribution in [0.4, 0.5) is 0 Å². The molecule has 3 rings (SSSR count). The van der Waals surface area contributed by atoms with E-state index < -0.39 is 0 Å². The van der Waals surface area contributed by atoms with Crippen LogP contribution < -0.4 is 4.74 Å². The van der Waals surface area contributed by atoms with Crippen molar-refractivity contribution in [1.29, 1.82) is 5.26 Å².